The number of unbranched alkanes of at least 4 members (excludes halogenated alkanes) is 3. The zero-order valence-corrected chi connectivity index (χ0v) is 27.7. The van der Waals surface area contributed by atoms with Crippen molar-refractivity contribution in [1.82, 2.24) is 9.80 Å². The lowest BCUT2D eigenvalue weighted by Gasteiger charge is -2.60. The first kappa shape index (κ1) is 32.2. The summed E-state index contributed by atoms with van der Waals surface area (Å²) in [6.07, 6.45) is 15.4. The standard InChI is InChI=1S/C36H60N2O4/c1-8-9-10-11-13-26-18-32(42-31(26)22-38(7)17-12-16-37(5)6)35-21-28-25(4)14-15-29(28)34(23-39)20-27(35)19-30(24(2)3)36(34,35)33(40)41/h19,23-29,31-32H,8-18,20-22H2,1-7H3,(H,40,41)/t25-,26?,27?,28-,29-,31?,32?,34?,35?,36?/m1/s1. The molecule has 4 fully saturated rings. The number of hydrogen-bond acceptors (Lipinski definition) is 5. The Balaban J connectivity index is 1.52. The highest BCUT2D eigenvalue weighted by Gasteiger charge is 2.86. The molecule has 6 heteroatoms. The van der Waals surface area contributed by atoms with Crippen LogP contribution in [-0.2, 0) is 14.3 Å². The lowest BCUT2D eigenvalue weighted by molar-refractivity contribution is -0.197. The van der Waals surface area contributed by atoms with Gasteiger partial charge in [0.1, 0.15) is 11.7 Å². The van der Waals surface area contributed by atoms with Crippen LogP contribution < -0.4 is 0 Å². The van der Waals surface area contributed by atoms with Crippen LogP contribution in [-0.4, -0.2) is 80.1 Å². The molecule has 42 heavy (non-hydrogen) atoms. The SMILES string of the molecule is CCCCCCC1CC(C23C[C@@H]4[C@H](C)CC[C@H]4C4(C=O)CC2C=C(C(C)C)C34C(=O)O)OC1CN(C)CCCN(C)C. The number of allylic oxidation sites excluding steroid dienone is 1. The Kier molecular flexibility index (Phi) is 9.40. The fraction of sp³-hybridized carbons (Fsp3) is 0.889. The third-order valence-corrected chi connectivity index (χ3v) is 13.0. The van der Waals surface area contributed by atoms with Gasteiger partial charge in [-0.1, -0.05) is 71.4 Å². The quantitative estimate of drug-likeness (QED) is 0.134. The lowest BCUT2D eigenvalue weighted by atomic mass is 9.41. The van der Waals surface area contributed by atoms with Gasteiger partial charge in [0.15, 0.2) is 0 Å². The summed E-state index contributed by atoms with van der Waals surface area (Å²) >= 11 is 0. The zero-order valence-electron chi connectivity index (χ0n) is 27.7. The summed E-state index contributed by atoms with van der Waals surface area (Å²) < 4.78 is 7.28. The number of carboxylic acid groups (broad SMARTS) is 1. The van der Waals surface area contributed by atoms with E-state index in [2.05, 4.69) is 64.7 Å². The number of carbonyl (C=O) groups is 2. The molecule has 5 rings (SSSR count). The van der Waals surface area contributed by atoms with Crippen molar-refractivity contribution in [2.75, 3.05) is 40.8 Å². The summed E-state index contributed by atoms with van der Waals surface area (Å²) in [5, 5.41) is 11.5. The van der Waals surface area contributed by atoms with E-state index in [9.17, 15) is 14.7 Å². The minimum atomic E-state index is -1.14. The van der Waals surface area contributed by atoms with Crippen molar-refractivity contribution in [3.63, 3.8) is 0 Å². The molecule has 5 aliphatic rings. The van der Waals surface area contributed by atoms with Crippen molar-refractivity contribution >= 4 is 12.3 Å². The highest BCUT2D eigenvalue weighted by atomic mass is 16.5. The highest BCUT2D eigenvalue weighted by molar-refractivity contribution is 5.90. The van der Waals surface area contributed by atoms with Crippen LogP contribution in [0.25, 0.3) is 0 Å². The molecule has 1 saturated heterocycles. The third-order valence-electron chi connectivity index (χ3n) is 13.0. The van der Waals surface area contributed by atoms with Gasteiger partial charge in [-0.3, -0.25) is 4.79 Å². The predicted molar refractivity (Wildman–Crippen MR) is 168 cm³/mol. The van der Waals surface area contributed by atoms with E-state index in [0.717, 1.165) is 70.0 Å². The molecule has 0 aromatic heterocycles. The maximum absolute atomic E-state index is 14.0. The van der Waals surface area contributed by atoms with Gasteiger partial charge in [-0.05, 0) is 108 Å². The van der Waals surface area contributed by atoms with E-state index in [4.69, 9.17) is 4.74 Å². The van der Waals surface area contributed by atoms with Gasteiger partial charge in [-0.15, -0.1) is 0 Å². The first-order valence-electron chi connectivity index (χ1n) is 17.4. The minimum Gasteiger partial charge on any atom is -0.481 e. The fourth-order valence-corrected chi connectivity index (χ4v) is 11.4. The average Bonchev–Trinajstić information content (AvgIpc) is 3.64. The Morgan fingerprint density at radius 1 is 1.12 bits per heavy atom. The monoisotopic (exact) mass is 584 g/mol. The molecular formula is C36H60N2O4. The van der Waals surface area contributed by atoms with Gasteiger partial charge < -0.3 is 24.4 Å². The van der Waals surface area contributed by atoms with Crippen LogP contribution >= 0.6 is 0 Å². The number of likely N-dealkylation sites (N-methyl/N-ethyl adjacent to an activating group) is 1. The number of rotatable bonds is 15. The molecule has 0 radical (unpaired) electrons. The van der Waals surface area contributed by atoms with Gasteiger partial charge in [-0.2, -0.15) is 0 Å². The van der Waals surface area contributed by atoms with Gasteiger partial charge in [0, 0.05) is 12.0 Å². The summed E-state index contributed by atoms with van der Waals surface area (Å²) in [4.78, 5) is 32.2. The van der Waals surface area contributed by atoms with E-state index in [0.29, 0.717) is 24.2 Å². The molecule has 1 N–H and O–H groups in total. The van der Waals surface area contributed by atoms with Crippen molar-refractivity contribution in [2.45, 2.75) is 111 Å². The van der Waals surface area contributed by atoms with E-state index >= 15 is 0 Å². The molecule has 1 aliphatic heterocycles. The Bertz CT molecular complexity index is 1030. The van der Waals surface area contributed by atoms with Gasteiger partial charge in [0.05, 0.1) is 17.6 Å². The number of ether oxygens (including phenoxy) is 1. The van der Waals surface area contributed by atoms with Crippen LogP contribution in [0.2, 0.25) is 0 Å². The van der Waals surface area contributed by atoms with E-state index in [1.807, 2.05) is 0 Å². The van der Waals surface area contributed by atoms with Crippen molar-refractivity contribution in [3.05, 3.63) is 11.6 Å². The van der Waals surface area contributed by atoms with Crippen LogP contribution in [0.5, 0.6) is 0 Å². The Labute approximate surface area is 256 Å². The number of carbonyl (C=O) groups excluding carboxylic acids is 1. The Morgan fingerprint density at radius 2 is 1.88 bits per heavy atom. The van der Waals surface area contributed by atoms with Crippen LogP contribution in [0.4, 0.5) is 0 Å². The van der Waals surface area contributed by atoms with Crippen molar-refractivity contribution in [3.8, 4) is 0 Å². The second-order valence-electron chi connectivity index (χ2n) is 15.8. The summed E-state index contributed by atoms with van der Waals surface area (Å²) in [6, 6.07) is 0. The van der Waals surface area contributed by atoms with Crippen LogP contribution in [0.3, 0.4) is 0 Å². The number of hydrogen-bond donors (Lipinski definition) is 1. The number of nitrogens with zero attached hydrogens (tertiary/aromatic N) is 2. The van der Waals surface area contributed by atoms with E-state index < -0.39 is 22.2 Å². The maximum atomic E-state index is 14.0. The highest BCUT2D eigenvalue weighted by Crippen LogP contribution is 2.84. The van der Waals surface area contributed by atoms with E-state index in [-0.39, 0.29) is 30.0 Å². The molecule has 0 aromatic rings. The number of aldehydes is 1. The third kappa shape index (κ3) is 4.67. The predicted octanol–water partition coefficient (Wildman–Crippen LogP) is 6.54. The first-order chi connectivity index (χ1) is 20.0. The molecular weight excluding hydrogens is 524 g/mol. The molecule has 0 spiro atoms. The normalized spacial score (nSPS) is 42.1. The van der Waals surface area contributed by atoms with Gasteiger partial charge >= 0.3 is 5.97 Å². The zero-order chi connectivity index (χ0) is 30.4. The summed E-state index contributed by atoms with van der Waals surface area (Å²) in [5.41, 5.74) is -1.45. The summed E-state index contributed by atoms with van der Waals surface area (Å²) in [6.45, 7) is 11.9. The molecule has 0 aromatic carbocycles. The fourth-order valence-electron chi connectivity index (χ4n) is 11.4. The first-order valence-corrected chi connectivity index (χ1v) is 17.4. The maximum Gasteiger partial charge on any atom is 0.315 e. The second kappa shape index (κ2) is 12.3. The molecule has 4 bridgehead atoms. The minimum absolute atomic E-state index is 0.102. The number of carboxylic acids is 1. The molecule has 3 saturated carbocycles. The van der Waals surface area contributed by atoms with Crippen molar-refractivity contribution < 1.29 is 19.4 Å². The van der Waals surface area contributed by atoms with Crippen LogP contribution in [0.1, 0.15) is 98.3 Å². The van der Waals surface area contributed by atoms with Crippen LogP contribution in [0.15, 0.2) is 11.6 Å². The molecule has 0 amide bonds. The Hall–Kier alpha value is -1.24. The van der Waals surface area contributed by atoms with Crippen molar-refractivity contribution in [2.24, 2.45) is 51.8 Å². The van der Waals surface area contributed by atoms with Gasteiger partial charge in [0.2, 0.25) is 0 Å². The molecule has 10 atom stereocenters. The van der Waals surface area contributed by atoms with Gasteiger partial charge in [-0.25, -0.2) is 0 Å². The molecule has 6 nitrogen and oxygen atoms in total. The topological polar surface area (TPSA) is 70.1 Å². The summed E-state index contributed by atoms with van der Waals surface area (Å²) in [5.74, 6) is 1.01. The summed E-state index contributed by atoms with van der Waals surface area (Å²) in [7, 11) is 6.48. The number of aliphatic carboxylic acids is 1. The van der Waals surface area contributed by atoms with Crippen LogP contribution in [0, 0.1) is 51.8 Å². The Morgan fingerprint density at radius 3 is 2.52 bits per heavy atom. The smallest absolute Gasteiger partial charge is 0.315 e. The number of fused-ring (bicyclic) bond motifs is 2. The average molecular weight is 585 g/mol. The van der Waals surface area contributed by atoms with E-state index in [1.54, 1.807) is 0 Å². The lowest BCUT2D eigenvalue weighted by Crippen LogP contribution is -2.65. The van der Waals surface area contributed by atoms with Gasteiger partial charge in [0.25, 0.3) is 0 Å². The van der Waals surface area contributed by atoms with Crippen molar-refractivity contribution in [1.29, 1.82) is 0 Å². The molecule has 238 valence electrons. The second-order valence-corrected chi connectivity index (χ2v) is 15.8. The molecule has 7 unspecified atom stereocenters. The molecule has 4 aliphatic carbocycles. The van der Waals surface area contributed by atoms with E-state index in [1.165, 1.54) is 25.7 Å². The largest absolute Gasteiger partial charge is 0.481 e. The molecule has 1 heterocycles.